The molecule has 132 valence electrons. The quantitative estimate of drug-likeness (QED) is 0.919. The van der Waals surface area contributed by atoms with Crippen LogP contribution < -0.4 is 15.0 Å². The molecule has 0 bridgehead atoms. The Labute approximate surface area is 147 Å². The third-order valence-electron chi connectivity index (χ3n) is 3.97. The number of amides is 1. The zero-order chi connectivity index (χ0) is 17.8. The zero-order valence-electron chi connectivity index (χ0n) is 14.6. The van der Waals surface area contributed by atoms with E-state index in [1.165, 1.54) is 7.11 Å². The first-order valence-corrected chi connectivity index (χ1v) is 8.23. The second-order valence-corrected chi connectivity index (χ2v) is 6.08. The fourth-order valence-electron chi connectivity index (χ4n) is 2.92. The summed E-state index contributed by atoms with van der Waals surface area (Å²) < 4.78 is 10.9. The van der Waals surface area contributed by atoms with Gasteiger partial charge in [0.1, 0.15) is 11.5 Å². The molecule has 1 aliphatic heterocycles. The maximum atomic E-state index is 12.4. The molecule has 0 aromatic carbocycles. The summed E-state index contributed by atoms with van der Waals surface area (Å²) in [5.74, 6) is 0.961. The van der Waals surface area contributed by atoms with E-state index in [0.717, 1.165) is 18.9 Å². The molecule has 0 radical (unpaired) electrons. The van der Waals surface area contributed by atoms with Crippen molar-refractivity contribution < 1.29 is 14.3 Å². The van der Waals surface area contributed by atoms with Gasteiger partial charge in [0.2, 0.25) is 5.88 Å². The lowest BCUT2D eigenvalue weighted by Gasteiger charge is -2.36. The van der Waals surface area contributed by atoms with Crippen molar-refractivity contribution in [2.24, 2.45) is 0 Å². The number of carbonyl (C=O) groups excluding carboxylic acids is 1. The van der Waals surface area contributed by atoms with Gasteiger partial charge >= 0.3 is 0 Å². The molecule has 7 nitrogen and oxygen atoms in total. The SMILES string of the molecule is COc1ncccc1NC(=O)c1ccc(N2CC(C)OC(C)C2)nc1. The van der Waals surface area contributed by atoms with Gasteiger partial charge in [0, 0.05) is 25.5 Å². The number of nitrogens with zero attached hydrogens (tertiary/aromatic N) is 3. The summed E-state index contributed by atoms with van der Waals surface area (Å²) in [5.41, 5.74) is 0.999. The average Bonchev–Trinajstić information content (AvgIpc) is 2.61. The maximum absolute atomic E-state index is 12.4. The summed E-state index contributed by atoms with van der Waals surface area (Å²) >= 11 is 0. The van der Waals surface area contributed by atoms with E-state index in [-0.39, 0.29) is 18.1 Å². The van der Waals surface area contributed by atoms with Gasteiger partial charge in [0.25, 0.3) is 5.91 Å². The van der Waals surface area contributed by atoms with Crippen molar-refractivity contribution in [3.8, 4) is 5.88 Å². The van der Waals surface area contributed by atoms with Crippen LogP contribution in [0.4, 0.5) is 11.5 Å². The van der Waals surface area contributed by atoms with Crippen LogP contribution in [0.3, 0.4) is 0 Å². The van der Waals surface area contributed by atoms with Crippen molar-refractivity contribution in [1.29, 1.82) is 0 Å². The van der Waals surface area contributed by atoms with E-state index in [1.54, 1.807) is 30.6 Å². The van der Waals surface area contributed by atoms with Crippen LogP contribution in [0.25, 0.3) is 0 Å². The molecule has 2 atom stereocenters. The van der Waals surface area contributed by atoms with Crippen molar-refractivity contribution in [3.05, 3.63) is 42.2 Å². The molecule has 1 amide bonds. The normalized spacial score (nSPS) is 20.2. The van der Waals surface area contributed by atoms with E-state index in [9.17, 15) is 4.79 Å². The molecule has 3 heterocycles. The largest absolute Gasteiger partial charge is 0.480 e. The van der Waals surface area contributed by atoms with Crippen molar-refractivity contribution in [2.45, 2.75) is 26.1 Å². The second kappa shape index (κ2) is 7.48. The third-order valence-corrected chi connectivity index (χ3v) is 3.97. The van der Waals surface area contributed by atoms with Crippen molar-refractivity contribution in [1.82, 2.24) is 9.97 Å². The van der Waals surface area contributed by atoms with E-state index >= 15 is 0 Å². The maximum Gasteiger partial charge on any atom is 0.257 e. The summed E-state index contributed by atoms with van der Waals surface area (Å²) in [7, 11) is 1.51. The van der Waals surface area contributed by atoms with Gasteiger partial charge in [0.05, 0.1) is 24.9 Å². The summed E-state index contributed by atoms with van der Waals surface area (Å²) in [6.07, 6.45) is 3.51. The Morgan fingerprint density at radius 2 is 2.00 bits per heavy atom. The van der Waals surface area contributed by atoms with Crippen molar-refractivity contribution >= 4 is 17.4 Å². The fourth-order valence-corrected chi connectivity index (χ4v) is 2.92. The van der Waals surface area contributed by atoms with Crippen molar-refractivity contribution in [3.63, 3.8) is 0 Å². The minimum atomic E-state index is -0.255. The summed E-state index contributed by atoms with van der Waals surface area (Å²) in [6, 6.07) is 7.10. The molecule has 2 aromatic rings. The molecule has 1 N–H and O–H groups in total. The highest BCUT2D eigenvalue weighted by molar-refractivity contribution is 6.04. The molecule has 0 saturated carbocycles. The van der Waals surface area contributed by atoms with Crippen LogP contribution in [-0.4, -0.2) is 48.3 Å². The number of anilines is 2. The molecule has 0 spiro atoms. The van der Waals surface area contributed by atoms with Gasteiger partial charge in [-0.05, 0) is 38.1 Å². The topological polar surface area (TPSA) is 76.6 Å². The van der Waals surface area contributed by atoms with Crippen LogP contribution in [0.5, 0.6) is 5.88 Å². The predicted molar refractivity (Wildman–Crippen MR) is 95.2 cm³/mol. The van der Waals surface area contributed by atoms with Crippen LogP contribution in [0.1, 0.15) is 24.2 Å². The standard InChI is InChI=1S/C18H22N4O3/c1-12-10-22(11-13(2)25-12)16-7-6-14(9-20-16)17(23)21-15-5-4-8-19-18(15)24-3/h4-9,12-13H,10-11H2,1-3H3,(H,21,23). The molecule has 1 aliphatic rings. The molecular formula is C18H22N4O3. The Kier molecular flexibility index (Phi) is 5.14. The number of carbonyl (C=O) groups is 1. The molecule has 2 unspecified atom stereocenters. The lowest BCUT2D eigenvalue weighted by molar-refractivity contribution is -0.00546. The third kappa shape index (κ3) is 4.06. The average molecular weight is 342 g/mol. The number of morpholine rings is 1. The van der Waals surface area contributed by atoms with Crippen molar-refractivity contribution in [2.75, 3.05) is 30.4 Å². The Bertz CT molecular complexity index is 725. The molecular weight excluding hydrogens is 320 g/mol. The van der Waals surface area contributed by atoms with E-state index in [1.807, 2.05) is 19.9 Å². The minimum absolute atomic E-state index is 0.159. The Morgan fingerprint density at radius 3 is 2.64 bits per heavy atom. The van der Waals surface area contributed by atoms with E-state index in [2.05, 4.69) is 20.2 Å². The van der Waals surface area contributed by atoms with Crippen LogP contribution in [0.2, 0.25) is 0 Å². The summed E-state index contributed by atoms with van der Waals surface area (Å²) in [5, 5.41) is 2.79. The number of nitrogens with one attached hydrogen (secondary N) is 1. The number of ether oxygens (including phenoxy) is 2. The van der Waals surface area contributed by atoms with E-state index < -0.39 is 0 Å². The smallest absolute Gasteiger partial charge is 0.257 e. The van der Waals surface area contributed by atoms with E-state index in [0.29, 0.717) is 17.1 Å². The number of pyridine rings is 2. The number of hydrogen-bond acceptors (Lipinski definition) is 6. The first kappa shape index (κ1) is 17.2. The molecule has 1 saturated heterocycles. The second-order valence-electron chi connectivity index (χ2n) is 6.08. The molecule has 3 rings (SSSR count). The molecule has 1 fully saturated rings. The lowest BCUT2D eigenvalue weighted by atomic mass is 10.2. The highest BCUT2D eigenvalue weighted by Gasteiger charge is 2.23. The van der Waals surface area contributed by atoms with Gasteiger partial charge in [-0.1, -0.05) is 0 Å². The number of aromatic nitrogens is 2. The van der Waals surface area contributed by atoms with Gasteiger partial charge in [-0.3, -0.25) is 4.79 Å². The zero-order valence-corrected chi connectivity index (χ0v) is 14.6. The number of hydrogen-bond donors (Lipinski definition) is 1. The van der Waals surface area contributed by atoms with Gasteiger partial charge < -0.3 is 19.7 Å². The Balaban J connectivity index is 1.70. The van der Waals surface area contributed by atoms with Gasteiger partial charge in [-0.2, -0.15) is 0 Å². The monoisotopic (exact) mass is 342 g/mol. The molecule has 2 aromatic heterocycles. The van der Waals surface area contributed by atoms with E-state index in [4.69, 9.17) is 9.47 Å². The highest BCUT2D eigenvalue weighted by atomic mass is 16.5. The Hall–Kier alpha value is -2.67. The summed E-state index contributed by atoms with van der Waals surface area (Å²) in [4.78, 5) is 23.1. The number of methoxy groups -OCH3 is 1. The van der Waals surface area contributed by atoms with Crippen LogP contribution in [0, 0.1) is 0 Å². The van der Waals surface area contributed by atoms with Gasteiger partial charge in [0.15, 0.2) is 0 Å². The lowest BCUT2D eigenvalue weighted by Crippen LogP contribution is -2.45. The van der Waals surface area contributed by atoms with Gasteiger partial charge in [-0.15, -0.1) is 0 Å². The fraction of sp³-hybridized carbons (Fsp3) is 0.389. The van der Waals surface area contributed by atoms with Crippen LogP contribution >= 0.6 is 0 Å². The first-order valence-electron chi connectivity index (χ1n) is 8.23. The van der Waals surface area contributed by atoms with Gasteiger partial charge in [-0.25, -0.2) is 9.97 Å². The predicted octanol–water partition coefficient (Wildman–Crippen LogP) is 2.35. The Morgan fingerprint density at radius 1 is 1.24 bits per heavy atom. The molecule has 7 heteroatoms. The summed E-state index contributed by atoms with van der Waals surface area (Å²) in [6.45, 7) is 5.67. The highest BCUT2D eigenvalue weighted by Crippen LogP contribution is 2.22. The van der Waals surface area contributed by atoms with Crippen LogP contribution in [0.15, 0.2) is 36.7 Å². The minimum Gasteiger partial charge on any atom is -0.480 e. The first-order chi connectivity index (χ1) is 12.1. The molecule has 25 heavy (non-hydrogen) atoms. The number of rotatable bonds is 4. The van der Waals surface area contributed by atoms with Crippen LogP contribution in [-0.2, 0) is 4.74 Å². The molecule has 0 aliphatic carbocycles.